The molecule has 0 radical (unpaired) electrons. The minimum Gasteiger partial charge on any atom is -0.388 e. The van der Waals surface area contributed by atoms with Crippen molar-refractivity contribution in [1.82, 2.24) is 14.3 Å². The normalized spacial score (nSPS) is 13.4. The summed E-state index contributed by atoms with van der Waals surface area (Å²) < 4.78 is 4.02. The first-order valence-electron chi connectivity index (χ1n) is 6.85. The van der Waals surface area contributed by atoms with Crippen LogP contribution in [0.2, 0.25) is 0 Å². The van der Waals surface area contributed by atoms with Gasteiger partial charge < -0.3 is 9.67 Å². The largest absolute Gasteiger partial charge is 0.388 e. The summed E-state index contributed by atoms with van der Waals surface area (Å²) >= 11 is 0. The van der Waals surface area contributed by atoms with Gasteiger partial charge in [-0.15, -0.1) is 0 Å². The van der Waals surface area contributed by atoms with Crippen molar-refractivity contribution in [2.24, 2.45) is 5.92 Å². The Balaban J connectivity index is 2.07. The Morgan fingerprint density at radius 2 is 1.89 bits per heavy atom. The third kappa shape index (κ3) is 3.26. The Morgan fingerprint density at radius 1 is 1.16 bits per heavy atom. The van der Waals surface area contributed by atoms with Crippen molar-refractivity contribution in [3.05, 3.63) is 42.0 Å². The summed E-state index contributed by atoms with van der Waals surface area (Å²) in [4.78, 5) is 0. The van der Waals surface area contributed by atoms with E-state index < -0.39 is 6.10 Å². The monoisotopic (exact) mass is 261 g/mol. The van der Waals surface area contributed by atoms with Gasteiger partial charge in [-0.05, 0) is 37.5 Å². The van der Waals surface area contributed by atoms with Gasteiger partial charge in [0.05, 0.1) is 18.3 Å². The van der Waals surface area contributed by atoms with Crippen molar-refractivity contribution in [2.45, 2.75) is 46.4 Å². The lowest BCUT2D eigenvalue weighted by atomic mass is 10.0. The Bertz CT molecular complexity index is 525. The van der Waals surface area contributed by atoms with Gasteiger partial charge in [-0.1, -0.05) is 13.8 Å². The first-order chi connectivity index (χ1) is 8.97. The van der Waals surface area contributed by atoms with E-state index in [4.69, 9.17) is 0 Å². The van der Waals surface area contributed by atoms with Crippen LogP contribution in [0.1, 0.15) is 51.1 Å². The molecule has 0 aliphatic rings. The lowest BCUT2D eigenvalue weighted by Crippen LogP contribution is -2.05. The summed E-state index contributed by atoms with van der Waals surface area (Å²) in [5, 5.41) is 14.5. The van der Waals surface area contributed by atoms with E-state index >= 15 is 0 Å². The maximum Gasteiger partial charge on any atom is 0.0827 e. The number of nitrogens with zero attached hydrogens (tertiary/aromatic N) is 3. The molecule has 2 aromatic rings. The zero-order valence-electron chi connectivity index (χ0n) is 12.1. The highest BCUT2D eigenvalue weighted by Crippen LogP contribution is 2.21. The number of rotatable bonds is 5. The third-order valence-corrected chi connectivity index (χ3v) is 3.28. The molecule has 0 aliphatic heterocycles. The second kappa shape index (κ2) is 5.61. The standard InChI is InChI=1S/C15H23N3O/c1-11(2)15(19)13-5-7-17(9-13)10-14-6-8-18(16-14)12(3)4/h5-9,11-12,15,19H,10H2,1-4H3. The predicted octanol–water partition coefficient (Wildman–Crippen LogP) is 3.00. The Kier molecular flexibility index (Phi) is 4.10. The van der Waals surface area contributed by atoms with Crippen molar-refractivity contribution in [3.63, 3.8) is 0 Å². The molecule has 1 unspecified atom stereocenters. The number of hydrogen-bond donors (Lipinski definition) is 1. The molecule has 0 fully saturated rings. The van der Waals surface area contributed by atoms with Crippen LogP contribution in [0.5, 0.6) is 0 Å². The van der Waals surface area contributed by atoms with Crippen LogP contribution in [0.4, 0.5) is 0 Å². The SMILES string of the molecule is CC(C)C(O)c1ccn(Cc2ccn(C(C)C)n2)c1. The zero-order valence-corrected chi connectivity index (χ0v) is 12.1. The van der Waals surface area contributed by atoms with E-state index in [1.165, 1.54) is 0 Å². The zero-order chi connectivity index (χ0) is 14.0. The number of aromatic nitrogens is 3. The summed E-state index contributed by atoms with van der Waals surface area (Å²) in [5.41, 5.74) is 2.01. The average molecular weight is 261 g/mol. The fourth-order valence-electron chi connectivity index (χ4n) is 2.05. The Hall–Kier alpha value is -1.55. The van der Waals surface area contributed by atoms with E-state index in [9.17, 15) is 5.11 Å². The smallest absolute Gasteiger partial charge is 0.0827 e. The molecule has 0 bridgehead atoms. The van der Waals surface area contributed by atoms with Crippen molar-refractivity contribution in [2.75, 3.05) is 0 Å². The van der Waals surface area contributed by atoms with Gasteiger partial charge in [0.15, 0.2) is 0 Å². The summed E-state index contributed by atoms with van der Waals surface area (Å²) in [6.45, 7) is 9.01. The molecule has 2 aromatic heterocycles. The van der Waals surface area contributed by atoms with E-state index in [0.717, 1.165) is 17.8 Å². The van der Waals surface area contributed by atoms with E-state index in [1.807, 2.05) is 49.3 Å². The maximum atomic E-state index is 10.0. The molecule has 19 heavy (non-hydrogen) atoms. The molecule has 4 heteroatoms. The van der Waals surface area contributed by atoms with Crippen LogP contribution in [0.15, 0.2) is 30.7 Å². The molecule has 1 N–H and O–H groups in total. The molecule has 0 aliphatic carbocycles. The predicted molar refractivity (Wildman–Crippen MR) is 75.9 cm³/mol. The second-order valence-electron chi connectivity index (χ2n) is 5.69. The minimum absolute atomic E-state index is 0.232. The first kappa shape index (κ1) is 13.9. The highest BCUT2D eigenvalue weighted by Gasteiger charge is 2.13. The van der Waals surface area contributed by atoms with E-state index in [1.54, 1.807) is 0 Å². The van der Waals surface area contributed by atoms with Gasteiger partial charge in [0.2, 0.25) is 0 Å². The third-order valence-electron chi connectivity index (χ3n) is 3.28. The Morgan fingerprint density at radius 3 is 2.47 bits per heavy atom. The van der Waals surface area contributed by atoms with Gasteiger partial charge in [0.1, 0.15) is 0 Å². The molecule has 104 valence electrons. The number of aliphatic hydroxyl groups excluding tert-OH is 1. The second-order valence-corrected chi connectivity index (χ2v) is 5.69. The van der Waals surface area contributed by atoms with Crippen LogP contribution in [-0.2, 0) is 6.54 Å². The van der Waals surface area contributed by atoms with Crippen LogP contribution in [0.25, 0.3) is 0 Å². The van der Waals surface area contributed by atoms with Gasteiger partial charge in [0, 0.05) is 24.6 Å². The minimum atomic E-state index is -0.394. The molecular formula is C15H23N3O. The van der Waals surface area contributed by atoms with Crippen LogP contribution in [-0.4, -0.2) is 19.5 Å². The van der Waals surface area contributed by atoms with E-state index in [0.29, 0.717) is 6.04 Å². The summed E-state index contributed by atoms with van der Waals surface area (Å²) in [7, 11) is 0. The molecule has 2 rings (SSSR count). The maximum absolute atomic E-state index is 10.0. The molecule has 0 saturated carbocycles. The van der Waals surface area contributed by atoms with Crippen LogP contribution >= 0.6 is 0 Å². The number of hydrogen-bond acceptors (Lipinski definition) is 2. The van der Waals surface area contributed by atoms with E-state index in [2.05, 4.69) is 23.5 Å². The molecule has 2 heterocycles. The molecule has 0 spiro atoms. The average Bonchev–Trinajstić information content (AvgIpc) is 2.97. The molecule has 0 saturated heterocycles. The van der Waals surface area contributed by atoms with Crippen LogP contribution < -0.4 is 0 Å². The lowest BCUT2D eigenvalue weighted by Gasteiger charge is -2.12. The lowest BCUT2D eigenvalue weighted by molar-refractivity contribution is 0.127. The van der Waals surface area contributed by atoms with Crippen molar-refractivity contribution < 1.29 is 5.11 Å². The highest BCUT2D eigenvalue weighted by atomic mass is 16.3. The summed E-state index contributed by atoms with van der Waals surface area (Å²) in [6.07, 6.45) is 5.61. The fraction of sp³-hybridized carbons (Fsp3) is 0.533. The summed E-state index contributed by atoms with van der Waals surface area (Å²) in [6, 6.07) is 4.40. The van der Waals surface area contributed by atoms with Gasteiger partial charge in [0.25, 0.3) is 0 Å². The van der Waals surface area contributed by atoms with Crippen molar-refractivity contribution in [3.8, 4) is 0 Å². The highest BCUT2D eigenvalue weighted by molar-refractivity contribution is 5.15. The Labute approximate surface area is 114 Å². The van der Waals surface area contributed by atoms with Gasteiger partial charge in [-0.2, -0.15) is 5.10 Å². The molecule has 4 nitrogen and oxygen atoms in total. The fourth-order valence-corrected chi connectivity index (χ4v) is 2.05. The number of aliphatic hydroxyl groups is 1. The van der Waals surface area contributed by atoms with Gasteiger partial charge in [-0.25, -0.2) is 0 Å². The van der Waals surface area contributed by atoms with Crippen LogP contribution in [0.3, 0.4) is 0 Å². The van der Waals surface area contributed by atoms with Crippen LogP contribution in [0, 0.1) is 5.92 Å². The molecule has 0 aromatic carbocycles. The van der Waals surface area contributed by atoms with Crippen molar-refractivity contribution >= 4 is 0 Å². The summed E-state index contributed by atoms with van der Waals surface area (Å²) in [5.74, 6) is 0.232. The quantitative estimate of drug-likeness (QED) is 0.899. The molecular weight excluding hydrogens is 238 g/mol. The molecule has 1 atom stereocenters. The topological polar surface area (TPSA) is 43.0 Å². The van der Waals surface area contributed by atoms with E-state index in [-0.39, 0.29) is 5.92 Å². The van der Waals surface area contributed by atoms with Gasteiger partial charge in [-0.3, -0.25) is 4.68 Å². The van der Waals surface area contributed by atoms with Gasteiger partial charge >= 0.3 is 0 Å². The first-order valence-corrected chi connectivity index (χ1v) is 6.85. The molecule has 0 amide bonds. The van der Waals surface area contributed by atoms with Crippen molar-refractivity contribution in [1.29, 1.82) is 0 Å².